The molecular weight excluding hydrogens is 296 g/mol. The lowest BCUT2D eigenvalue weighted by molar-refractivity contribution is -0.129. The third-order valence-corrected chi connectivity index (χ3v) is 8.74. The van der Waals surface area contributed by atoms with Gasteiger partial charge in [0.15, 0.2) is 5.78 Å². The first-order valence-corrected chi connectivity index (χ1v) is 10.0. The van der Waals surface area contributed by atoms with Gasteiger partial charge in [-0.3, -0.25) is 9.59 Å². The first kappa shape index (κ1) is 16.5. The van der Waals surface area contributed by atoms with Crippen LogP contribution >= 0.6 is 0 Å². The van der Waals surface area contributed by atoms with Crippen LogP contribution in [0.5, 0.6) is 0 Å². The van der Waals surface area contributed by atoms with E-state index in [4.69, 9.17) is 0 Å². The second-order valence-electron chi connectivity index (χ2n) is 9.81. The summed E-state index contributed by atoms with van der Waals surface area (Å²) in [5, 5.41) is 0. The summed E-state index contributed by atoms with van der Waals surface area (Å²) in [7, 11) is 0. The SMILES string of the molecule is CC(=O)C1C(C)C[C@H]2[C@H]3CCC4=CC(=O)CC[C@]4(C)[C@@H]3CC[C@]12C. The molecule has 2 heteroatoms. The molecule has 0 aliphatic heterocycles. The number of Topliss-reactive ketones (excluding diaryl/α,β-unsaturated/α-hetero) is 1. The Bertz CT molecular complexity index is 617. The fourth-order valence-electron chi connectivity index (χ4n) is 7.79. The van der Waals surface area contributed by atoms with Gasteiger partial charge in [0, 0.05) is 12.3 Å². The summed E-state index contributed by atoms with van der Waals surface area (Å²) < 4.78 is 0. The summed E-state index contributed by atoms with van der Waals surface area (Å²) in [5.41, 5.74) is 1.90. The molecule has 0 aromatic heterocycles. The molecule has 3 fully saturated rings. The highest BCUT2D eigenvalue weighted by Crippen LogP contribution is 2.67. The highest BCUT2D eigenvalue weighted by molar-refractivity contribution is 5.91. The zero-order chi connectivity index (χ0) is 17.3. The third-order valence-electron chi connectivity index (χ3n) is 8.74. The maximum absolute atomic E-state index is 12.4. The molecule has 4 rings (SSSR count). The first-order valence-electron chi connectivity index (χ1n) is 10.0. The van der Waals surface area contributed by atoms with Crippen LogP contribution in [0.25, 0.3) is 0 Å². The number of hydrogen-bond donors (Lipinski definition) is 0. The standard InChI is InChI=1S/C22H32O2/c1-13-11-19-17-6-5-15-12-16(24)7-9-21(15,3)18(17)8-10-22(19,4)20(13)14(2)23/h12-13,17-20H,5-11H2,1-4H3/t13?,17-,18+,19-,20?,21-,22-/m0/s1. The molecule has 0 bridgehead atoms. The molecule has 0 aromatic carbocycles. The van der Waals surface area contributed by atoms with Gasteiger partial charge in [-0.25, -0.2) is 0 Å². The number of carbonyl (C=O) groups excluding carboxylic acids is 2. The molecule has 2 nitrogen and oxygen atoms in total. The highest BCUT2D eigenvalue weighted by atomic mass is 16.1. The van der Waals surface area contributed by atoms with Gasteiger partial charge in [0.1, 0.15) is 5.78 Å². The van der Waals surface area contributed by atoms with Crippen LogP contribution in [0.2, 0.25) is 0 Å². The predicted molar refractivity (Wildman–Crippen MR) is 95.4 cm³/mol. The fourth-order valence-corrected chi connectivity index (χ4v) is 7.79. The van der Waals surface area contributed by atoms with E-state index in [9.17, 15) is 9.59 Å². The van der Waals surface area contributed by atoms with Crippen LogP contribution in [0.3, 0.4) is 0 Å². The maximum Gasteiger partial charge on any atom is 0.155 e. The van der Waals surface area contributed by atoms with Gasteiger partial charge in [0.2, 0.25) is 0 Å². The minimum absolute atomic E-state index is 0.217. The molecule has 0 amide bonds. The van der Waals surface area contributed by atoms with Crippen molar-refractivity contribution in [2.75, 3.05) is 0 Å². The Labute approximate surface area is 146 Å². The summed E-state index contributed by atoms with van der Waals surface area (Å²) in [6.07, 6.45) is 9.79. The lowest BCUT2D eigenvalue weighted by atomic mass is 9.46. The number of rotatable bonds is 1. The lowest BCUT2D eigenvalue weighted by Crippen LogP contribution is -2.51. The topological polar surface area (TPSA) is 34.1 Å². The summed E-state index contributed by atoms with van der Waals surface area (Å²) >= 11 is 0. The zero-order valence-electron chi connectivity index (χ0n) is 15.7. The maximum atomic E-state index is 12.4. The minimum Gasteiger partial charge on any atom is -0.300 e. The van der Waals surface area contributed by atoms with E-state index in [0.29, 0.717) is 23.4 Å². The van der Waals surface area contributed by atoms with Crippen molar-refractivity contribution in [2.45, 2.75) is 72.6 Å². The summed E-state index contributed by atoms with van der Waals surface area (Å²) in [5.74, 6) is 3.74. The van der Waals surface area contributed by atoms with E-state index in [-0.39, 0.29) is 16.7 Å². The van der Waals surface area contributed by atoms with Gasteiger partial charge in [-0.2, -0.15) is 0 Å². The van der Waals surface area contributed by atoms with Gasteiger partial charge in [-0.1, -0.05) is 26.3 Å². The van der Waals surface area contributed by atoms with E-state index in [2.05, 4.69) is 20.8 Å². The van der Waals surface area contributed by atoms with Crippen molar-refractivity contribution >= 4 is 11.6 Å². The zero-order valence-corrected chi connectivity index (χ0v) is 15.7. The summed E-state index contributed by atoms with van der Waals surface area (Å²) in [4.78, 5) is 24.3. The molecule has 0 aromatic rings. The Hall–Kier alpha value is -0.920. The Balaban J connectivity index is 1.69. The van der Waals surface area contributed by atoms with Crippen molar-refractivity contribution in [1.29, 1.82) is 0 Å². The van der Waals surface area contributed by atoms with Gasteiger partial charge in [0.05, 0.1) is 0 Å². The lowest BCUT2D eigenvalue weighted by Gasteiger charge is -2.58. The van der Waals surface area contributed by atoms with E-state index in [1.54, 1.807) is 0 Å². The number of carbonyl (C=O) groups is 2. The minimum atomic E-state index is 0.217. The molecule has 0 N–H and O–H groups in total. The Morgan fingerprint density at radius 2 is 1.88 bits per heavy atom. The molecule has 0 radical (unpaired) electrons. The van der Waals surface area contributed by atoms with Crippen LogP contribution in [0.4, 0.5) is 0 Å². The van der Waals surface area contributed by atoms with Crippen LogP contribution in [-0.2, 0) is 9.59 Å². The van der Waals surface area contributed by atoms with E-state index < -0.39 is 0 Å². The molecule has 4 aliphatic carbocycles. The molecule has 0 heterocycles. The largest absolute Gasteiger partial charge is 0.300 e. The number of hydrogen-bond acceptors (Lipinski definition) is 2. The first-order chi connectivity index (χ1) is 11.3. The molecule has 0 spiro atoms. The molecule has 4 aliphatic rings. The molecule has 24 heavy (non-hydrogen) atoms. The summed E-state index contributed by atoms with van der Waals surface area (Å²) in [6.45, 7) is 8.98. The van der Waals surface area contributed by atoms with Crippen LogP contribution in [0.15, 0.2) is 11.6 Å². The molecule has 7 atom stereocenters. The average Bonchev–Trinajstić information content (AvgIpc) is 2.78. The predicted octanol–water partition coefficient (Wildman–Crippen LogP) is 4.97. The fraction of sp³-hybridized carbons (Fsp3) is 0.818. The highest BCUT2D eigenvalue weighted by Gasteiger charge is 2.61. The number of ketones is 2. The van der Waals surface area contributed by atoms with Crippen LogP contribution in [0, 0.1) is 40.4 Å². The van der Waals surface area contributed by atoms with E-state index >= 15 is 0 Å². The second-order valence-corrected chi connectivity index (χ2v) is 9.81. The van der Waals surface area contributed by atoms with Crippen LogP contribution in [0.1, 0.15) is 72.6 Å². The van der Waals surface area contributed by atoms with E-state index in [1.165, 1.54) is 31.3 Å². The molecule has 3 saturated carbocycles. The molecule has 2 unspecified atom stereocenters. The Morgan fingerprint density at radius 3 is 2.58 bits per heavy atom. The third kappa shape index (κ3) is 2.07. The van der Waals surface area contributed by atoms with Crippen molar-refractivity contribution in [3.8, 4) is 0 Å². The van der Waals surface area contributed by atoms with Gasteiger partial charge in [-0.15, -0.1) is 0 Å². The van der Waals surface area contributed by atoms with E-state index in [0.717, 1.165) is 31.1 Å². The van der Waals surface area contributed by atoms with Gasteiger partial charge < -0.3 is 0 Å². The molecule has 132 valence electrons. The van der Waals surface area contributed by atoms with Gasteiger partial charge >= 0.3 is 0 Å². The summed E-state index contributed by atoms with van der Waals surface area (Å²) in [6, 6.07) is 0. The van der Waals surface area contributed by atoms with Gasteiger partial charge in [-0.05, 0) is 86.0 Å². The van der Waals surface area contributed by atoms with Crippen LogP contribution in [-0.4, -0.2) is 11.6 Å². The Morgan fingerprint density at radius 1 is 1.12 bits per heavy atom. The number of allylic oxidation sites excluding steroid dienone is 1. The van der Waals surface area contributed by atoms with Crippen LogP contribution < -0.4 is 0 Å². The van der Waals surface area contributed by atoms with Crippen molar-refractivity contribution < 1.29 is 9.59 Å². The van der Waals surface area contributed by atoms with E-state index in [1.807, 2.05) is 13.0 Å². The average molecular weight is 328 g/mol. The van der Waals surface area contributed by atoms with Crippen molar-refractivity contribution in [2.24, 2.45) is 40.4 Å². The quantitative estimate of drug-likeness (QED) is 0.681. The van der Waals surface area contributed by atoms with Crippen molar-refractivity contribution in [1.82, 2.24) is 0 Å². The second kappa shape index (κ2) is 5.29. The molecule has 0 saturated heterocycles. The number of fused-ring (bicyclic) bond motifs is 5. The van der Waals surface area contributed by atoms with Gasteiger partial charge in [0.25, 0.3) is 0 Å². The van der Waals surface area contributed by atoms with Crippen molar-refractivity contribution in [3.05, 3.63) is 11.6 Å². The smallest absolute Gasteiger partial charge is 0.155 e. The normalized spacial score (nSPS) is 50.6. The monoisotopic (exact) mass is 328 g/mol. The Kier molecular flexibility index (Phi) is 3.64. The van der Waals surface area contributed by atoms with Crippen molar-refractivity contribution in [3.63, 3.8) is 0 Å². The molecular formula is C22H32O2.